The molecule has 6 nitrogen and oxygen atoms in total. The van der Waals surface area contributed by atoms with Crippen molar-refractivity contribution in [3.05, 3.63) is 41.2 Å². The van der Waals surface area contributed by atoms with E-state index in [0.29, 0.717) is 12.2 Å². The van der Waals surface area contributed by atoms with Gasteiger partial charge in [0.05, 0.1) is 5.02 Å². The highest BCUT2D eigenvalue weighted by Crippen LogP contribution is 2.25. The van der Waals surface area contributed by atoms with Crippen molar-refractivity contribution in [3.63, 3.8) is 0 Å². The van der Waals surface area contributed by atoms with Crippen molar-refractivity contribution in [2.24, 2.45) is 7.05 Å². The topological polar surface area (TPSA) is 90.0 Å². The molecule has 0 radical (unpaired) electrons. The van der Waals surface area contributed by atoms with Crippen LogP contribution in [-0.2, 0) is 23.5 Å². The minimum atomic E-state index is -4.03. The SMILES string of the molecule is Cn1ccnc1CCNS(=O)(=O)c1cc(N)cc(Cl)c1F. The molecule has 1 aromatic heterocycles. The quantitative estimate of drug-likeness (QED) is 0.808. The van der Waals surface area contributed by atoms with E-state index in [0.717, 1.165) is 12.1 Å². The van der Waals surface area contributed by atoms with Crippen molar-refractivity contribution in [1.29, 1.82) is 0 Å². The van der Waals surface area contributed by atoms with Crippen LogP contribution in [0.2, 0.25) is 5.02 Å². The molecular weight excluding hydrogens is 319 g/mol. The van der Waals surface area contributed by atoms with Gasteiger partial charge in [0.2, 0.25) is 10.0 Å². The highest BCUT2D eigenvalue weighted by atomic mass is 35.5. The minimum Gasteiger partial charge on any atom is -0.399 e. The van der Waals surface area contributed by atoms with Crippen molar-refractivity contribution in [2.45, 2.75) is 11.3 Å². The normalized spacial score (nSPS) is 11.8. The van der Waals surface area contributed by atoms with Crippen molar-refractivity contribution in [2.75, 3.05) is 12.3 Å². The van der Waals surface area contributed by atoms with Crippen LogP contribution in [0.3, 0.4) is 0 Å². The van der Waals surface area contributed by atoms with Crippen LogP contribution < -0.4 is 10.5 Å². The number of nitrogen functional groups attached to an aromatic ring is 1. The number of nitrogens with one attached hydrogen (secondary N) is 1. The van der Waals surface area contributed by atoms with Gasteiger partial charge >= 0.3 is 0 Å². The average molecular weight is 333 g/mol. The Balaban J connectivity index is 2.14. The molecule has 2 rings (SSSR count). The van der Waals surface area contributed by atoms with Crippen LogP contribution in [0.4, 0.5) is 10.1 Å². The molecule has 0 amide bonds. The van der Waals surface area contributed by atoms with E-state index >= 15 is 0 Å². The van der Waals surface area contributed by atoms with E-state index < -0.39 is 20.7 Å². The molecule has 0 aliphatic carbocycles. The minimum absolute atomic E-state index is 0.0749. The Morgan fingerprint density at radius 3 is 2.81 bits per heavy atom. The predicted molar refractivity (Wildman–Crippen MR) is 77.9 cm³/mol. The Morgan fingerprint density at radius 2 is 2.19 bits per heavy atom. The van der Waals surface area contributed by atoms with E-state index in [-0.39, 0.29) is 17.3 Å². The molecule has 1 heterocycles. The van der Waals surface area contributed by atoms with E-state index in [4.69, 9.17) is 17.3 Å². The number of aromatic nitrogens is 2. The molecule has 0 saturated heterocycles. The second-order valence-electron chi connectivity index (χ2n) is 4.42. The largest absolute Gasteiger partial charge is 0.399 e. The molecule has 3 N–H and O–H groups in total. The number of nitrogens with two attached hydrogens (primary N) is 1. The lowest BCUT2D eigenvalue weighted by Crippen LogP contribution is -2.27. The van der Waals surface area contributed by atoms with Gasteiger partial charge in [-0.1, -0.05) is 11.6 Å². The third-order valence-electron chi connectivity index (χ3n) is 2.87. The van der Waals surface area contributed by atoms with Crippen molar-refractivity contribution in [1.82, 2.24) is 14.3 Å². The predicted octanol–water partition coefficient (Wildman–Crippen LogP) is 1.32. The summed E-state index contributed by atoms with van der Waals surface area (Å²) >= 11 is 5.60. The van der Waals surface area contributed by atoms with Crippen molar-refractivity contribution >= 4 is 27.3 Å². The number of nitrogens with zero attached hydrogens (tertiary/aromatic N) is 2. The summed E-state index contributed by atoms with van der Waals surface area (Å²) in [4.78, 5) is 3.50. The van der Waals surface area contributed by atoms with Gasteiger partial charge in [-0.05, 0) is 12.1 Å². The first-order chi connectivity index (χ1) is 9.81. The van der Waals surface area contributed by atoms with Crippen LogP contribution in [0.1, 0.15) is 5.82 Å². The second-order valence-corrected chi connectivity index (χ2v) is 6.56. The molecule has 1 aromatic carbocycles. The van der Waals surface area contributed by atoms with Crippen LogP contribution in [0.5, 0.6) is 0 Å². The van der Waals surface area contributed by atoms with E-state index in [1.165, 1.54) is 0 Å². The van der Waals surface area contributed by atoms with Crippen LogP contribution in [0.15, 0.2) is 29.4 Å². The lowest BCUT2D eigenvalue weighted by Gasteiger charge is -2.09. The number of hydrogen-bond acceptors (Lipinski definition) is 4. The summed E-state index contributed by atoms with van der Waals surface area (Å²) in [5.41, 5.74) is 5.57. The Morgan fingerprint density at radius 1 is 1.48 bits per heavy atom. The highest BCUT2D eigenvalue weighted by Gasteiger charge is 2.21. The summed E-state index contributed by atoms with van der Waals surface area (Å²) < 4.78 is 42.0. The highest BCUT2D eigenvalue weighted by molar-refractivity contribution is 7.89. The molecule has 21 heavy (non-hydrogen) atoms. The summed E-state index contributed by atoms with van der Waals surface area (Å²) in [7, 11) is -2.23. The van der Waals surface area contributed by atoms with Gasteiger partial charge in [0.1, 0.15) is 10.7 Å². The fraction of sp³-hybridized carbons (Fsp3) is 0.250. The van der Waals surface area contributed by atoms with Crippen molar-refractivity contribution in [3.8, 4) is 0 Å². The maximum absolute atomic E-state index is 13.8. The molecule has 0 bridgehead atoms. The number of imidazole rings is 1. The summed E-state index contributed by atoms with van der Waals surface area (Å²) in [5.74, 6) is -0.306. The van der Waals surface area contributed by atoms with E-state index in [9.17, 15) is 12.8 Å². The van der Waals surface area contributed by atoms with Gasteiger partial charge in [0.25, 0.3) is 0 Å². The Bertz CT molecular complexity index is 761. The number of hydrogen-bond donors (Lipinski definition) is 2. The molecule has 9 heteroatoms. The molecule has 0 fully saturated rings. The Labute approximate surface area is 126 Å². The van der Waals surface area contributed by atoms with Gasteiger partial charge in [-0.2, -0.15) is 0 Å². The zero-order chi connectivity index (χ0) is 15.6. The second kappa shape index (κ2) is 6.00. The summed E-state index contributed by atoms with van der Waals surface area (Å²) in [6, 6.07) is 2.19. The molecule has 0 aliphatic rings. The molecule has 0 saturated carbocycles. The lowest BCUT2D eigenvalue weighted by molar-refractivity contribution is 0.556. The molecule has 114 valence electrons. The maximum Gasteiger partial charge on any atom is 0.243 e. The average Bonchev–Trinajstić information content (AvgIpc) is 2.79. The summed E-state index contributed by atoms with van der Waals surface area (Å²) in [6.45, 7) is 0.0824. The van der Waals surface area contributed by atoms with Gasteiger partial charge in [0.15, 0.2) is 5.82 Å². The molecular formula is C12H14ClFN4O2S. The fourth-order valence-corrected chi connectivity index (χ4v) is 3.24. The zero-order valence-corrected chi connectivity index (χ0v) is 12.7. The molecule has 0 unspecified atom stereocenters. The molecule has 0 spiro atoms. The summed E-state index contributed by atoms with van der Waals surface area (Å²) in [6.07, 6.45) is 3.74. The van der Waals surface area contributed by atoms with Crippen LogP contribution in [-0.4, -0.2) is 24.5 Å². The number of rotatable bonds is 5. The number of halogens is 2. The third-order valence-corrected chi connectivity index (χ3v) is 4.60. The molecule has 0 atom stereocenters. The first-order valence-corrected chi connectivity index (χ1v) is 7.88. The zero-order valence-electron chi connectivity index (χ0n) is 11.2. The van der Waals surface area contributed by atoms with Crippen LogP contribution >= 0.6 is 11.6 Å². The van der Waals surface area contributed by atoms with Gasteiger partial charge in [-0.25, -0.2) is 22.5 Å². The third kappa shape index (κ3) is 3.52. The van der Waals surface area contributed by atoms with E-state index in [1.807, 2.05) is 0 Å². The Kier molecular flexibility index (Phi) is 4.50. The van der Waals surface area contributed by atoms with Gasteiger partial charge < -0.3 is 10.3 Å². The lowest BCUT2D eigenvalue weighted by atomic mass is 10.3. The number of aryl methyl sites for hydroxylation is 1. The molecule has 0 aliphatic heterocycles. The van der Waals surface area contributed by atoms with Crippen LogP contribution in [0, 0.1) is 5.82 Å². The first-order valence-electron chi connectivity index (χ1n) is 6.01. The Hall–Kier alpha value is -1.64. The van der Waals surface area contributed by atoms with Gasteiger partial charge in [-0.15, -0.1) is 0 Å². The maximum atomic E-state index is 13.8. The number of benzene rings is 1. The smallest absolute Gasteiger partial charge is 0.243 e. The standard InChI is InChI=1S/C12H14ClFN4O2S/c1-18-5-4-16-11(18)2-3-17-21(19,20)10-7-8(15)6-9(13)12(10)14/h4-7,17H,2-3,15H2,1H3. The van der Waals surface area contributed by atoms with E-state index in [1.54, 1.807) is 24.0 Å². The monoisotopic (exact) mass is 332 g/mol. The van der Waals surface area contributed by atoms with E-state index in [2.05, 4.69) is 9.71 Å². The van der Waals surface area contributed by atoms with Gasteiger partial charge in [0, 0.05) is 38.1 Å². The fourth-order valence-electron chi connectivity index (χ4n) is 1.79. The van der Waals surface area contributed by atoms with Gasteiger partial charge in [-0.3, -0.25) is 0 Å². The summed E-state index contributed by atoms with van der Waals surface area (Å²) in [5, 5.41) is -0.334. The van der Waals surface area contributed by atoms with Crippen LogP contribution in [0.25, 0.3) is 0 Å². The first kappa shape index (κ1) is 15.7. The molecule has 2 aromatic rings. The number of anilines is 1. The number of sulfonamides is 1. The van der Waals surface area contributed by atoms with Crippen molar-refractivity contribution < 1.29 is 12.8 Å².